The highest BCUT2D eigenvalue weighted by molar-refractivity contribution is 9.10. The molecule has 0 aromatic carbocycles. The molecule has 1 aliphatic rings. The van der Waals surface area contributed by atoms with E-state index >= 15 is 0 Å². The normalized spacial score (nSPS) is 16.5. The van der Waals surface area contributed by atoms with E-state index in [1.54, 1.807) is 17.2 Å². The molecule has 82 valence electrons. The highest BCUT2D eigenvalue weighted by Gasteiger charge is 2.19. The summed E-state index contributed by atoms with van der Waals surface area (Å²) < 4.78 is 5.75. The van der Waals surface area contributed by atoms with Gasteiger partial charge in [-0.1, -0.05) is 4.85 Å². The van der Waals surface area contributed by atoms with Gasteiger partial charge in [0.15, 0.2) is 0 Å². The summed E-state index contributed by atoms with van der Waals surface area (Å²) in [7, 11) is 0. The molecule has 0 N–H and O–H groups in total. The van der Waals surface area contributed by atoms with E-state index in [9.17, 15) is 4.79 Å². The topological polar surface area (TPSA) is 56.6 Å². The SMILES string of the molecule is O=C(On1ccc(Br)n1)N1CCOCC1. The van der Waals surface area contributed by atoms with Crippen molar-refractivity contribution in [1.82, 2.24) is 14.8 Å². The van der Waals surface area contributed by atoms with Crippen molar-refractivity contribution in [3.8, 4) is 0 Å². The molecule has 0 radical (unpaired) electrons. The predicted octanol–water partition coefficient (Wildman–Crippen LogP) is 0.526. The Labute approximate surface area is 94.8 Å². The fraction of sp³-hybridized carbons (Fsp3) is 0.500. The van der Waals surface area contributed by atoms with Gasteiger partial charge in [-0.25, -0.2) is 4.79 Å². The molecule has 15 heavy (non-hydrogen) atoms. The minimum atomic E-state index is -0.408. The van der Waals surface area contributed by atoms with Crippen LogP contribution in [0.4, 0.5) is 4.79 Å². The predicted molar refractivity (Wildman–Crippen MR) is 54.3 cm³/mol. The fourth-order valence-electron chi connectivity index (χ4n) is 1.22. The fourth-order valence-corrected chi connectivity index (χ4v) is 1.50. The Bertz CT molecular complexity index is 349. The van der Waals surface area contributed by atoms with Crippen molar-refractivity contribution in [2.75, 3.05) is 26.3 Å². The minimum Gasteiger partial charge on any atom is -0.378 e. The lowest BCUT2D eigenvalue weighted by atomic mass is 10.5. The lowest BCUT2D eigenvalue weighted by molar-refractivity contribution is 0.0196. The van der Waals surface area contributed by atoms with Crippen molar-refractivity contribution in [3.05, 3.63) is 16.9 Å². The van der Waals surface area contributed by atoms with Gasteiger partial charge in [0.1, 0.15) is 4.60 Å². The third-order valence-corrected chi connectivity index (χ3v) is 2.40. The van der Waals surface area contributed by atoms with Crippen molar-refractivity contribution >= 4 is 22.0 Å². The zero-order chi connectivity index (χ0) is 10.7. The zero-order valence-corrected chi connectivity index (χ0v) is 9.51. The highest BCUT2D eigenvalue weighted by atomic mass is 79.9. The number of ether oxygens (including phenoxy) is 1. The zero-order valence-electron chi connectivity index (χ0n) is 7.93. The van der Waals surface area contributed by atoms with Crippen molar-refractivity contribution in [2.24, 2.45) is 0 Å². The smallest absolute Gasteiger partial charge is 0.378 e. The van der Waals surface area contributed by atoms with Crippen LogP contribution in [-0.2, 0) is 4.74 Å². The monoisotopic (exact) mass is 275 g/mol. The molecular formula is C8H10BrN3O3. The maximum atomic E-state index is 11.5. The Balaban J connectivity index is 1.91. The second-order valence-corrected chi connectivity index (χ2v) is 3.81. The summed E-state index contributed by atoms with van der Waals surface area (Å²) >= 11 is 3.16. The van der Waals surface area contributed by atoms with Gasteiger partial charge in [-0.2, -0.15) is 0 Å². The van der Waals surface area contributed by atoms with Crippen LogP contribution in [0.15, 0.2) is 16.9 Å². The summed E-state index contributed by atoms with van der Waals surface area (Å²) in [6, 6.07) is 1.69. The second kappa shape index (κ2) is 4.63. The standard InChI is InChI=1S/C8H10BrN3O3/c9-7-1-2-12(10-7)15-8(13)11-3-5-14-6-4-11/h1-2H,3-6H2. The summed E-state index contributed by atoms with van der Waals surface area (Å²) in [5.74, 6) is 0. The molecule has 0 atom stereocenters. The molecule has 0 unspecified atom stereocenters. The van der Waals surface area contributed by atoms with Gasteiger partial charge in [-0.05, 0) is 22.0 Å². The van der Waals surface area contributed by atoms with Gasteiger partial charge in [-0.3, -0.25) is 4.84 Å². The van der Waals surface area contributed by atoms with Crippen LogP contribution in [0.3, 0.4) is 0 Å². The highest BCUT2D eigenvalue weighted by Crippen LogP contribution is 2.03. The number of hydrogen-bond donors (Lipinski definition) is 0. The first-order chi connectivity index (χ1) is 7.25. The van der Waals surface area contributed by atoms with Crippen LogP contribution in [0.2, 0.25) is 0 Å². The molecule has 1 aliphatic heterocycles. The van der Waals surface area contributed by atoms with E-state index in [1.807, 2.05) is 0 Å². The number of amides is 1. The first-order valence-corrected chi connectivity index (χ1v) is 5.31. The van der Waals surface area contributed by atoms with Crippen LogP contribution < -0.4 is 4.84 Å². The molecule has 1 fully saturated rings. The molecule has 0 bridgehead atoms. The van der Waals surface area contributed by atoms with Crippen molar-refractivity contribution in [3.63, 3.8) is 0 Å². The van der Waals surface area contributed by atoms with Gasteiger partial charge in [-0.15, -0.1) is 5.10 Å². The summed E-state index contributed by atoms with van der Waals surface area (Å²) in [4.78, 5) is 19.2. The van der Waals surface area contributed by atoms with Gasteiger partial charge in [0.05, 0.1) is 19.4 Å². The molecule has 1 amide bonds. The van der Waals surface area contributed by atoms with Crippen LogP contribution >= 0.6 is 15.9 Å². The summed E-state index contributed by atoms with van der Waals surface area (Å²) in [6.45, 7) is 2.22. The number of rotatable bonds is 1. The van der Waals surface area contributed by atoms with Crippen molar-refractivity contribution in [2.45, 2.75) is 0 Å². The number of hydrogen-bond acceptors (Lipinski definition) is 4. The molecule has 6 nitrogen and oxygen atoms in total. The average molecular weight is 276 g/mol. The van der Waals surface area contributed by atoms with Crippen molar-refractivity contribution < 1.29 is 14.4 Å². The Hall–Kier alpha value is -1.08. The van der Waals surface area contributed by atoms with E-state index in [4.69, 9.17) is 9.57 Å². The maximum Gasteiger partial charge on any atom is 0.436 e. The van der Waals surface area contributed by atoms with Crippen LogP contribution in [0.5, 0.6) is 0 Å². The minimum absolute atomic E-state index is 0.408. The van der Waals surface area contributed by atoms with Gasteiger partial charge >= 0.3 is 6.09 Å². The number of aromatic nitrogens is 2. The lowest BCUT2D eigenvalue weighted by Gasteiger charge is -2.25. The van der Waals surface area contributed by atoms with Gasteiger partial charge < -0.3 is 9.64 Å². The van der Waals surface area contributed by atoms with E-state index in [0.29, 0.717) is 30.9 Å². The van der Waals surface area contributed by atoms with E-state index in [1.165, 1.54) is 0 Å². The van der Waals surface area contributed by atoms with E-state index < -0.39 is 6.09 Å². The molecule has 1 aromatic rings. The molecular weight excluding hydrogens is 266 g/mol. The molecule has 1 aromatic heterocycles. The Morgan fingerprint density at radius 3 is 2.87 bits per heavy atom. The Kier molecular flexibility index (Phi) is 3.22. The first kappa shape index (κ1) is 10.4. The Morgan fingerprint density at radius 2 is 2.27 bits per heavy atom. The van der Waals surface area contributed by atoms with Crippen molar-refractivity contribution in [1.29, 1.82) is 0 Å². The van der Waals surface area contributed by atoms with Gasteiger partial charge in [0.25, 0.3) is 0 Å². The third kappa shape index (κ3) is 2.69. The number of carbonyl (C=O) groups excluding carboxylic acids is 1. The molecule has 1 saturated heterocycles. The lowest BCUT2D eigenvalue weighted by Crippen LogP contribution is -2.44. The average Bonchev–Trinajstić information content (AvgIpc) is 2.65. The van der Waals surface area contributed by atoms with Crippen LogP contribution in [0.25, 0.3) is 0 Å². The molecule has 7 heteroatoms. The van der Waals surface area contributed by atoms with Crippen LogP contribution in [-0.4, -0.2) is 47.2 Å². The quantitative estimate of drug-likeness (QED) is 0.750. The van der Waals surface area contributed by atoms with E-state index in [0.717, 1.165) is 4.85 Å². The summed E-state index contributed by atoms with van der Waals surface area (Å²) in [5, 5.41) is 3.88. The molecule has 0 saturated carbocycles. The first-order valence-electron chi connectivity index (χ1n) is 4.52. The third-order valence-electron chi connectivity index (χ3n) is 1.97. The maximum absolute atomic E-state index is 11.5. The van der Waals surface area contributed by atoms with Gasteiger partial charge in [0.2, 0.25) is 0 Å². The van der Waals surface area contributed by atoms with E-state index in [-0.39, 0.29) is 0 Å². The second-order valence-electron chi connectivity index (χ2n) is 3.00. The number of morpholine rings is 1. The van der Waals surface area contributed by atoms with Crippen LogP contribution in [0, 0.1) is 0 Å². The molecule has 2 rings (SSSR count). The van der Waals surface area contributed by atoms with Gasteiger partial charge in [0, 0.05) is 13.1 Å². The number of halogens is 1. The van der Waals surface area contributed by atoms with E-state index in [2.05, 4.69) is 21.0 Å². The summed E-state index contributed by atoms with van der Waals surface area (Å²) in [5.41, 5.74) is 0. The molecule has 0 spiro atoms. The Morgan fingerprint density at radius 1 is 1.53 bits per heavy atom. The number of nitrogens with zero attached hydrogens (tertiary/aromatic N) is 3. The molecule has 0 aliphatic carbocycles. The molecule has 2 heterocycles. The van der Waals surface area contributed by atoms with Crippen LogP contribution in [0.1, 0.15) is 0 Å². The largest absolute Gasteiger partial charge is 0.436 e. The summed E-state index contributed by atoms with van der Waals surface area (Å²) in [6.07, 6.45) is 1.15. The number of carbonyl (C=O) groups is 1.